The van der Waals surface area contributed by atoms with Gasteiger partial charge in [-0.25, -0.2) is 0 Å². The van der Waals surface area contributed by atoms with Crippen molar-refractivity contribution in [2.75, 3.05) is 6.61 Å². The molecule has 0 radical (unpaired) electrons. The largest absolute Gasteiger partial charge is 0.376 e. The van der Waals surface area contributed by atoms with E-state index < -0.39 is 8.07 Å². The van der Waals surface area contributed by atoms with E-state index in [1.807, 2.05) is 0 Å². The van der Waals surface area contributed by atoms with Gasteiger partial charge in [-0.1, -0.05) is 109 Å². The molecule has 2 heteroatoms. The van der Waals surface area contributed by atoms with Crippen molar-refractivity contribution >= 4 is 8.07 Å². The van der Waals surface area contributed by atoms with E-state index in [1.54, 1.807) is 70.3 Å². The zero-order chi connectivity index (χ0) is 21.9. The Kier molecular flexibility index (Phi) is 8.33. The van der Waals surface area contributed by atoms with Crippen LogP contribution in [0.2, 0.25) is 23.7 Å². The average Bonchev–Trinajstić information content (AvgIpc) is 3.37. The number of hydrogen-bond acceptors (Lipinski definition) is 1. The molecule has 0 N–H and O–H groups in total. The molecule has 0 aromatic rings. The summed E-state index contributed by atoms with van der Waals surface area (Å²) in [6.45, 7) is 10.5. The van der Waals surface area contributed by atoms with Gasteiger partial charge in [-0.15, -0.1) is 0 Å². The molecule has 0 bridgehead atoms. The number of unbranched alkanes of at least 4 members (excludes halogenated alkanes) is 3. The quantitative estimate of drug-likeness (QED) is 0.253. The Bertz CT molecular complexity index is 519. The third kappa shape index (κ3) is 5.82. The maximum Gasteiger partial charge on any atom is 0.0598 e. The Morgan fingerprint density at radius 2 is 1.16 bits per heavy atom. The Morgan fingerprint density at radius 3 is 1.71 bits per heavy atom. The lowest BCUT2D eigenvalue weighted by Gasteiger charge is -2.47. The minimum Gasteiger partial charge on any atom is -0.376 e. The molecule has 31 heavy (non-hydrogen) atoms. The summed E-state index contributed by atoms with van der Waals surface area (Å²) >= 11 is 0. The summed E-state index contributed by atoms with van der Waals surface area (Å²) in [4.78, 5) is 0. The first-order valence-electron chi connectivity index (χ1n) is 14.5. The smallest absolute Gasteiger partial charge is 0.0598 e. The van der Waals surface area contributed by atoms with Crippen molar-refractivity contribution in [2.24, 2.45) is 23.7 Å². The summed E-state index contributed by atoms with van der Waals surface area (Å²) in [5.41, 5.74) is 2.41. The molecule has 0 heterocycles. The van der Waals surface area contributed by atoms with E-state index in [2.05, 4.69) is 27.3 Å². The predicted molar refractivity (Wildman–Crippen MR) is 137 cm³/mol. The van der Waals surface area contributed by atoms with Gasteiger partial charge in [-0.2, -0.15) is 0 Å². The maximum atomic E-state index is 5.97. The topological polar surface area (TPSA) is 9.23 Å². The first kappa shape index (κ1) is 24.3. The van der Waals surface area contributed by atoms with Gasteiger partial charge in [-0.05, 0) is 61.9 Å². The van der Waals surface area contributed by atoms with Gasteiger partial charge >= 0.3 is 0 Å². The SMILES string of the molecule is CC(C)(C)OCCCCCC[Si@@](C)(C1CCC2CCCCC21)C1CCC2CCCC[C@@H]21. The van der Waals surface area contributed by atoms with Gasteiger partial charge in [0.25, 0.3) is 0 Å². The maximum absolute atomic E-state index is 5.97. The highest BCUT2D eigenvalue weighted by atomic mass is 28.3. The normalized spacial score (nSPS) is 37.9. The van der Waals surface area contributed by atoms with Crippen LogP contribution in [0.1, 0.15) is 124 Å². The summed E-state index contributed by atoms with van der Waals surface area (Å²) < 4.78 is 5.97. The monoisotopic (exact) mass is 446 g/mol. The van der Waals surface area contributed by atoms with Crippen molar-refractivity contribution in [1.82, 2.24) is 0 Å². The van der Waals surface area contributed by atoms with E-state index in [4.69, 9.17) is 4.74 Å². The molecular formula is C29H54OSi. The van der Waals surface area contributed by atoms with Gasteiger partial charge in [0.15, 0.2) is 0 Å². The second-order valence-electron chi connectivity index (χ2n) is 13.4. The van der Waals surface area contributed by atoms with E-state index in [0.29, 0.717) is 0 Å². The second-order valence-corrected chi connectivity index (χ2v) is 18.4. The standard InChI is InChI=1S/C29H54OSi/c1-29(2,3)30-21-11-5-6-12-22-31(4,27-19-17-23-13-7-9-15-25(23)27)28-20-18-24-14-8-10-16-26(24)28/h23-28H,5-22H2,1-4H3/t23?,24?,25-,26?,27?,28?,31+/m0/s1. The lowest BCUT2D eigenvalue weighted by molar-refractivity contribution is -0.00471. The summed E-state index contributed by atoms with van der Waals surface area (Å²) in [5.74, 6) is 4.55. The summed E-state index contributed by atoms with van der Waals surface area (Å²) in [6, 6.07) is 1.66. The van der Waals surface area contributed by atoms with E-state index in [9.17, 15) is 0 Å². The van der Waals surface area contributed by atoms with Crippen molar-refractivity contribution in [3.05, 3.63) is 0 Å². The van der Waals surface area contributed by atoms with Crippen molar-refractivity contribution < 1.29 is 4.74 Å². The minimum atomic E-state index is -1.23. The third-order valence-electron chi connectivity index (χ3n) is 10.5. The molecule has 4 aliphatic rings. The average molecular weight is 447 g/mol. The Labute approximate surface area is 195 Å². The third-order valence-corrected chi connectivity index (χ3v) is 16.8. The minimum absolute atomic E-state index is 0.0313. The van der Waals surface area contributed by atoms with Crippen LogP contribution in [0.3, 0.4) is 0 Å². The molecule has 5 unspecified atom stereocenters. The molecule has 4 saturated carbocycles. The van der Waals surface area contributed by atoms with E-state index >= 15 is 0 Å². The predicted octanol–water partition coefficient (Wildman–Crippen LogP) is 9.38. The molecule has 4 rings (SSSR count). The van der Waals surface area contributed by atoms with E-state index in [1.165, 1.54) is 49.6 Å². The molecule has 0 saturated heterocycles. The zero-order valence-corrected chi connectivity index (χ0v) is 22.6. The Balaban J connectivity index is 1.37. The summed E-state index contributed by atoms with van der Waals surface area (Å²) in [6.07, 6.45) is 24.6. The van der Waals surface area contributed by atoms with Crippen molar-refractivity contribution in [3.8, 4) is 0 Å². The highest BCUT2D eigenvalue weighted by Crippen LogP contribution is 2.62. The van der Waals surface area contributed by atoms with Crippen molar-refractivity contribution in [3.63, 3.8) is 0 Å². The fraction of sp³-hybridized carbons (Fsp3) is 1.00. The van der Waals surface area contributed by atoms with Crippen molar-refractivity contribution in [2.45, 2.75) is 153 Å². The molecule has 0 amide bonds. The molecule has 4 fully saturated rings. The zero-order valence-electron chi connectivity index (χ0n) is 21.6. The molecule has 0 aromatic heterocycles. The molecule has 1 nitrogen and oxygen atoms in total. The van der Waals surface area contributed by atoms with Gasteiger partial charge in [0.2, 0.25) is 0 Å². The fourth-order valence-corrected chi connectivity index (χ4v) is 15.9. The molecule has 4 aliphatic carbocycles. The fourth-order valence-electron chi connectivity index (χ4n) is 9.09. The van der Waals surface area contributed by atoms with Crippen LogP contribution in [0.4, 0.5) is 0 Å². The van der Waals surface area contributed by atoms with Gasteiger partial charge in [-0.3, -0.25) is 0 Å². The van der Waals surface area contributed by atoms with Crippen LogP contribution in [0.25, 0.3) is 0 Å². The highest BCUT2D eigenvalue weighted by Gasteiger charge is 2.55. The van der Waals surface area contributed by atoms with Crippen molar-refractivity contribution in [1.29, 1.82) is 0 Å². The lowest BCUT2D eigenvalue weighted by Crippen LogP contribution is -2.46. The van der Waals surface area contributed by atoms with Gasteiger partial charge in [0, 0.05) is 6.61 Å². The number of fused-ring (bicyclic) bond motifs is 2. The van der Waals surface area contributed by atoms with Crippen LogP contribution in [0.15, 0.2) is 0 Å². The van der Waals surface area contributed by atoms with Gasteiger partial charge < -0.3 is 4.74 Å². The lowest BCUT2D eigenvalue weighted by atomic mass is 9.81. The Morgan fingerprint density at radius 1 is 0.645 bits per heavy atom. The van der Waals surface area contributed by atoms with Crippen LogP contribution in [-0.4, -0.2) is 20.3 Å². The van der Waals surface area contributed by atoms with E-state index in [-0.39, 0.29) is 5.60 Å². The van der Waals surface area contributed by atoms with Crippen LogP contribution >= 0.6 is 0 Å². The van der Waals surface area contributed by atoms with Crippen LogP contribution < -0.4 is 0 Å². The van der Waals surface area contributed by atoms with Gasteiger partial charge in [0.05, 0.1) is 13.7 Å². The molecule has 0 aromatic carbocycles. The summed E-state index contributed by atoms with van der Waals surface area (Å²) in [5, 5.41) is 0. The Hall–Kier alpha value is 0.177. The molecule has 180 valence electrons. The summed E-state index contributed by atoms with van der Waals surface area (Å²) in [7, 11) is -1.23. The van der Waals surface area contributed by atoms with E-state index in [0.717, 1.165) is 30.3 Å². The molecular weight excluding hydrogens is 392 g/mol. The van der Waals surface area contributed by atoms with Crippen LogP contribution in [0, 0.1) is 23.7 Å². The van der Waals surface area contributed by atoms with Crippen LogP contribution in [0.5, 0.6) is 0 Å². The molecule has 0 spiro atoms. The number of hydrogen-bond donors (Lipinski definition) is 0. The number of rotatable bonds is 9. The van der Waals surface area contributed by atoms with Gasteiger partial charge in [0.1, 0.15) is 0 Å². The molecule has 7 atom stereocenters. The molecule has 0 aliphatic heterocycles. The first-order valence-corrected chi connectivity index (χ1v) is 17.4. The second kappa shape index (κ2) is 10.6. The first-order chi connectivity index (χ1) is 14.9. The van der Waals surface area contributed by atoms with Crippen LogP contribution in [-0.2, 0) is 4.74 Å². The highest BCUT2D eigenvalue weighted by molar-refractivity contribution is 6.81. The number of ether oxygens (including phenoxy) is 1.